The van der Waals surface area contributed by atoms with E-state index in [2.05, 4.69) is 15.1 Å². The van der Waals surface area contributed by atoms with Gasteiger partial charge in [-0.2, -0.15) is 13.2 Å². The highest BCUT2D eigenvalue weighted by atomic mass is 19.4. The lowest BCUT2D eigenvalue weighted by Gasteiger charge is -2.49. The first-order valence-corrected chi connectivity index (χ1v) is 11.5. The second kappa shape index (κ2) is 8.47. The van der Waals surface area contributed by atoms with Crippen molar-refractivity contribution in [2.75, 3.05) is 43.1 Å². The third-order valence-electron chi connectivity index (χ3n) is 7.08. The Balaban J connectivity index is 1.43. The van der Waals surface area contributed by atoms with Crippen LogP contribution in [0.5, 0.6) is 5.75 Å². The minimum absolute atomic E-state index is 0.0588. The number of halogens is 3. The average Bonchev–Trinajstić information content (AvgIpc) is 3.65. The molecule has 0 aromatic heterocycles. The molecule has 0 radical (unpaired) electrons. The average molecular weight is 460 g/mol. The Hall–Kier alpha value is -2.90. The van der Waals surface area contributed by atoms with E-state index in [1.165, 1.54) is 6.07 Å². The number of amides is 1. The molecule has 1 amide bonds. The van der Waals surface area contributed by atoms with Crippen molar-refractivity contribution in [1.29, 1.82) is 0 Å². The molecule has 5 nitrogen and oxygen atoms in total. The number of nitrogens with one attached hydrogen (secondary N) is 1. The van der Waals surface area contributed by atoms with E-state index in [1.807, 2.05) is 24.3 Å². The smallest absolute Gasteiger partial charge is 0.416 e. The fourth-order valence-electron chi connectivity index (χ4n) is 5.02. The van der Waals surface area contributed by atoms with E-state index in [1.54, 1.807) is 13.2 Å². The van der Waals surface area contributed by atoms with Gasteiger partial charge in [-0.3, -0.25) is 4.79 Å². The molecule has 1 saturated carbocycles. The number of hydrogen-bond donors (Lipinski definition) is 1. The largest absolute Gasteiger partial charge is 0.497 e. The van der Waals surface area contributed by atoms with Crippen molar-refractivity contribution in [3.05, 3.63) is 53.6 Å². The standard InChI is InChI=1S/C25H28F3N3O2/c1-33-20-7-5-19(6-8-20)30-10-11-31-22-9-4-18(25(26,27)28)12-17(22)13-21(23(31)15-30)24(32)29-14-16-2-3-16/h4-9,12,16,21,23H,2-3,10-11,13-15H2,1H3,(H,29,32). The number of benzene rings is 2. The zero-order chi connectivity index (χ0) is 23.2. The second-order valence-electron chi connectivity index (χ2n) is 9.25. The van der Waals surface area contributed by atoms with Crippen LogP contribution in [0.15, 0.2) is 42.5 Å². The van der Waals surface area contributed by atoms with E-state index in [0.29, 0.717) is 37.5 Å². The van der Waals surface area contributed by atoms with Gasteiger partial charge in [-0.25, -0.2) is 0 Å². The Morgan fingerprint density at radius 3 is 2.55 bits per heavy atom. The van der Waals surface area contributed by atoms with Crippen molar-refractivity contribution in [2.45, 2.75) is 31.5 Å². The van der Waals surface area contributed by atoms with Crippen LogP contribution in [0.3, 0.4) is 0 Å². The number of alkyl halides is 3. The number of piperazine rings is 1. The molecule has 3 aliphatic rings. The van der Waals surface area contributed by atoms with Gasteiger partial charge >= 0.3 is 6.18 Å². The maximum absolute atomic E-state index is 13.3. The number of ether oxygens (including phenoxy) is 1. The van der Waals surface area contributed by atoms with Crippen molar-refractivity contribution >= 4 is 17.3 Å². The lowest BCUT2D eigenvalue weighted by Crippen LogP contribution is -2.61. The van der Waals surface area contributed by atoms with Gasteiger partial charge in [-0.15, -0.1) is 0 Å². The first-order valence-electron chi connectivity index (χ1n) is 11.5. The first-order chi connectivity index (χ1) is 15.8. The van der Waals surface area contributed by atoms with Crippen molar-refractivity contribution in [2.24, 2.45) is 11.8 Å². The Bertz CT molecular complexity index is 1020. The molecule has 2 aromatic carbocycles. The fraction of sp³-hybridized carbons (Fsp3) is 0.480. The molecule has 2 unspecified atom stereocenters. The minimum Gasteiger partial charge on any atom is -0.497 e. The summed E-state index contributed by atoms with van der Waals surface area (Å²) in [6.45, 7) is 2.65. The molecule has 1 N–H and O–H groups in total. The molecule has 5 rings (SSSR count). The molecular weight excluding hydrogens is 431 g/mol. The number of nitrogens with zero attached hydrogens (tertiary/aromatic N) is 2. The fourth-order valence-corrected chi connectivity index (χ4v) is 5.02. The lowest BCUT2D eigenvalue weighted by molar-refractivity contribution is -0.137. The number of carbonyl (C=O) groups excluding carboxylic acids is 1. The summed E-state index contributed by atoms with van der Waals surface area (Å²) in [6.07, 6.45) is -1.83. The highest BCUT2D eigenvalue weighted by Gasteiger charge is 2.43. The Morgan fingerprint density at radius 1 is 1.12 bits per heavy atom. The van der Waals surface area contributed by atoms with E-state index in [0.717, 1.165) is 42.6 Å². The number of anilines is 2. The highest BCUT2D eigenvalue weighted by molar-refractivity contribution is 5.82. The molecule has 2 aliphatic heterocycles. The summed E-state index contributed by atoms with van der Waals surface area (Å²) < 4.78 is 45.3. The number of fused-ring (bicyclic) bond motifs is 3. The summed E-state index contributed by atoms with van der Waals surface area (Å²) in [4.78, 5) is 17.6. The van der Waals surface area contributed by atoms with Crippen molar-refractivity contribution in [3.8, 4) is 5.75 Å². The molecular formula is C25H28F3N3O2. The monoisotopic (exact) mass is 459 g/mol. The molecule has 2 heterocycles. The molecule has 2 fully saturated rings. The third-order valence-corrected chi connectivity index (χ3v) is 7.08. The second-order valence-corrected chi connectivity index (χ2v) is 9.25. The van der Waals surface area contributed by atoms with Crippen molar-refractivity contribution in [1.82, 2.24) is 5.32 Å². The predicted molar refractivity (Wildman–Crippen MR) is 121 cm³/mol. The van der Waals surface area contributed by atoms with Gasteiger partial charge in [0.25, 0.3) is 0 Å². The van der Waals surface area contributed by atoms with Crippen LogP contribution in [0.2, 0.25) is 0 Å². The van der Waals surface area contributed by atoms with Gasteiger partial charge in [-0.05, 0) is 73.2 Å². The van der Waals surface area contributed by atoms with Crippen LogP contribution in [0.1, 0.15) is 24.0 Å². The molecule has 2 atom stereocenters. The normalized spacial score (nSPS) is 22.4. The van der Waals surface area contributed by atoms with Crippen LogP contribution < -0.4 is 19.9 Å². The minimum atomic E-state index is -4.40. The van der Waals surface area contributed by atoms with E-state index < -0.39 is 17.7 Å². The third kappa shape index (κ3) is 4.48. The lowest BCUT2D eigenvalue weighted by atomic mass is 9.82. The van der Waals surface area contributed by atoms with Crippen LogP contribution >= 0.6 is 0 Å². The first kappa shape index (κ1) is 21.9. The van der Waals surface area contributed by atoms with Crippen LogP contribution in [-0.4, -0.2) is 45.2 Å². The Morgan fingerprint density at radius 2 is 1.88 bits per heavy atom. The van der Waals surface area contributed by atoms with E-state index in [9.17, 15) is 18.0 Å². The molecule has 33 heavy (non-hydrogen) atoms. The summed E-state index contributed by atoms with van der Waals surface area (Å²) in [5.74, 6) is 0.860. The maximum atomic E-state index is 13.3. The van der Waals surface area contributed by atoms with Crippen LogP contribution in [0.25, 0.3) is 0 Å². The number of hydrogen-bond acceptors (Lipinski definition) is 4. The van der Waals surface area contributed by atoms with Gasteiger partial charge in [0.05, 0.1) is 24.6 Å². The van der Waals surface area contributed by atoms with Gasteiger partial charge < -0.3 is 19.9 Å². The van der Waals surface area contributed by atoms with Crippen LogP contribution in [-0.2, 0) is 17.4 Å². The molecule has 2 aromatic rings. The number of carbonyl (C=O) groups is 1. The van der Waals surface area contributed by atoms with Crippen LogP contribution in [0, 0.1) is 11.8 Å². The van der Waals surface area contributed by atoms with Gasteiger partial charge in [0, 0.05) is 37.6 Å². The number of methoxy groups -OCH3 is 1. The molecule has 1 saturated heterocycles. The summed E-state index contributed by atoms with van der Waals surface area (Å²) in [7, 11) is 1.63. The molecule has 0 bridgehead atoms. The predicted octanol–water partition coefficient (Wildman–Crippen LogP) is 4.11. The Kier molecular flexibility index (Phi) is 5.62. The van der Waals surface area contributed by atoms with Crippen molar-refractivity contribution in [3.63, 3.8) is 0 Å². The zero-order valence-corrected chi connectivity index (χ0v) is 18.6. The van der Waals surface area contributed by atoms with Gasteiger partial charge in [0.2, 0.25) is 5.91 Å². The van der Waals surface area contributed by atoms with Crippen molar-refractivity contribution < 1.29 is 22.7 Å². The summed E-state index contributed by atoms with van der Waals surface area (Å²) in [5.41, 5.74) is 1.80. The van der Waals surface area contributed by atoms with Crippen LogP contribution in [0.4, 0.5) is 24.5 Å². The Labute approximate surface area is 191 Å². The summed E-state index contributed by atoms with van der Waals surface area (Å²) in [5, 5.41) is 3.07. The van der Waals surface area contributed by atoms with E-state index >= 15 is 0 Å². The topological polar surface area (TPSA) is 44.8 Å². The summed E-state index contributed by atoms with van der Waals surface area (Å²) in [6, 6.07) is 11.7. The highest BCUT2D eigenvalue weighted by Crippen LogP contribution is 2.40. The molecule has 0 spiro atoms. The molecule has 176 valence electrons. The number of rotatable bonds is 5. The molecule has 1 aliphatic carbocycles. The summed E-state index contributed by atoms with van der Waals surface area (Å²) >= 11 is 0. The van der Waals surface area contributed by atoms with E-state index in [-0.39, 0.29) is 11.9 Å². The van der Waals surface area contributed by atoms with E-state index in [4.69, 9.17) is 4.74 Å². The van der Waals surface area contributed by atoms with Gasteiger partial charge in [0.1, 0.15) is 5.75 Å². The zero-order valence-electron chi connectivity index (χ0n) is 18.6. The SMILES string of the molecule is COc1ccc(N2CCN3c4ccc(C(F)(F)F)cc4CC(C(=O)NCC4CC4)C3C2)cc1. The molecule has 8 heteroatoms. The van der Waals surface area contributed by atoms with Gasteiger partial charge in [-0.1, -0.05) is 0 Å². The maximum Gasteiger partial charge on any atom is 0.416 e. The van der Waals surface area contributed by atoms with Gasteiger partial charge in [0.15, 0.2) is 0 Å². The quantitative estimate of drug-likeness (QED) is 0.731.